The van der Waals surface area contributed by atoms with Gasteiger partial charge in [-0.05, 0) is 43.0 Å². The summed E-state index contributed by atoms with van der Waals surface area (Å²) in [6, 6.07) is 15.7. The van der Waals surface area contributed by atoms with Gasteiger partial charge in [-0.15, -0.1) is 0 Å². The highest BCUT2D eigenvalue weighted by Crippen LogP contribution is 2.15. The van der Waals surface area contributed by atoms with E-state index in [9.17, 15) is 9.59 Å². The van der Waals surface area contributed by atoms with E-state index in [2.05, 4.69) is 0 Å². The van der Waals surface area contributed by atoms with Crippen molar-refractivity contribution in [2.24, 2.45) is 0 Å². The minimum absolute atomic E-state index is 0.470. The topological polar surface area (TPSA) is 49.7 Å². The summed E-state index contributed by atoms with van der Waals surface area (Å²) in [6.07, 6.45) is 0. The van der Waals surface area contributed by atoms with Crippen molar-refractivity contribution in [2.75, 3.05) is 0 Å². The molecule has 0 spiro atoms. The van der Waals surface area contributed by atoms with Crippen molar-refractivity contribution in [1.29, 1.82) is 0 Å². The van der Waals surface area contributed by atoms with Gasteiger partial charge in [-0.2, -0.15) is 0 Å². The second-order valence-corrected chi connectivity index (χ2v) is 14.0. The van der Waals surface area contributed by atoms with E-state index in [0.717, 1.165) is 15.9 Å². The normalized spacial score (nSPS) is 12.3. The van der Waals surface area contributed by atoms with Crippen molar-refractivity contribution < 1.29 is 14.3 Å². The standard InChI is InChI=1S/C17H24O3Si2/c1-21(2,18)15-10-11-16(17(12-15)22(3,4)19)20-13-14-8-6-5-7-9-14/h5-12,18-19H,13H2,1-4H3. The average Bonchev–Trinajstić information content (AvgIpc) is 2.44. The number of hydrogen-bond acceptors (Lipinski definition) is 3. The molecule has 0 fully saturated rings. The van der Waals surface area contributed by atoms with Crippen molar-refractivity contribution in [3.8, 4) is 5.75 Å². The number of hydrogen-bond donors (Lipinski definition) is 2. The molecule has 2 aromatic rings. The molecule has 2 rings (SSSR count). The van der Waals surface area contributed by atoms with Crippen LogP contribution in [0, 0.1) is 0 Å². The van der Waals surface area contributed by atoms with Crippen molar-refractivity contribution in [1.82, 2.24) is 0 Å². The zero-order valence-corrected chi connectivity index (χ0v) is 15.6. The Hall–Kier alpha value is -1.41. The third kappa shape index (κ3) is 4.30. The zero-order chi connectivity index (χ0) is 16.4. The molecule has 0 saturated heterocycles. The average molecular weight is 333 g/mol. The van der Waals surface area contributed by atoms with E-state index < -0.39 is 16.6 Å². The van der Waals surface area contributed by atoms with Crippen molar-refractivity contribution in [3.05, 3.63) is 54.1 Å². The Balaban J connectivity index is 2.30. The van der Waals surface area contributed by atoms with E-state index in [1.54, 1.807) is 0 Å². The molecule has 0 bridgehead atoms. The zero-order valence-electron chi connectivity index (χ0n) is 13.6. The molecule has 2 aromatic carbocycles. The van der Waals surface area contributed by atoms with Crippen molar-refractivity contribution in [2.45, 2.75) is 32.8 Å². The minimum Gasteiger partial charge on any atom is -0.489 e. The molecule has 3 nitrogen and oxygen atoms in total. The Kier molecular flexibility index (Phi) is 4.91. The smallest absolute Gasteiger partial charge is 0.217 e. The van der Waals surface area contributed by atoms with Gasteiger partial charge in [0.1, 0.15) is 12.4 Å². The molecular weight excluding hydrogens is 308 g/mol. The fraction of sp³-hybridized carbons (Fsp3) is 0.294. The first-order valence-electron chi connectivity index (χ1n) is 7.44. The van der Waals surface area contributed by atoms with Crippen LogP contribution in [0.3, 0.4) is 0 Å². The van der Waals surface area contributed by atoms with Gasteiger partial charge in [-0.25, -0.2) is 0 Å². The molecule has 22 heavy (non-hydrogen) atoms. The highest BCUT2D eigenvalue weighted by Gasteiger charge is 2.28. The molecule has 5 heteroatoms. The fourth-order valence-corrected chi connectivity index (χ4v) is 4.65. The molecule has 0 unspecified atom stereocenters. The maximum atomic E-state index is 10.5. The van der Waals surface area contributed by atoms with E-state index in [1.165, 1.54) is 0 Å². The third-order valence-corrected chi connectivity index (χ3v) is 7.02. The first-order valence-corrected chi connectivity index (χ1v) is 13.3. The van der Waals surface area contributed by atoms with Crippen molar-refractivity contribution >= 4 is 27.0 Å². The van der Waals surface area contributed by atoms with Crippen LogP contribution in [0.4, 0.5) is 0 Å². The van der Waals surface area contributed by atoms with Gasteiger partial charge in [-0.3, -0.25) is 0 Å². The van der Waals surface area contributed by atoms with Crippen LogP contribution in [-0.4, -0.2) is 26.2 Å². The van der Waals surface area contributed by atoms with Crippen LogP contribution in [0.5, 0.6) is 5.75 Å². The summed E-state index contributed by atoms with van der Waals surface area (Å²) in [5.41, 5.74) is 1.09. The minimum atomic E-state index is -2.54. The molecule has 0 amide bonds. The number of rotatable bonds is 5. The first-order chi connectivity index (χ1) is 10.2. The van der Waals surface area contributed by atoms with Gasteiger partial charge in [0.05, 0.1) is 0 Å². The van der Waals surface area contributed by atoms with E-state index in [0.29, 0.717) is 12.4 Å². The van der Waals surface area contributed by atoms with Gasteiger partial charge in [0.15, 0.2) is 0 Å². The second kappa shape index (κ2) is 6.38. The van der Waals surface area contributed by atoms with E-state index in [4.69, 9.17) is 4.74 Å². The summed E-state index contributed by atoms with van der Waals surface area (Å²) >= 11 is 0. The summed E-state index contributed by atoms with van der Waals surface area (Å²) in [6.45, 7) is 7.96. The number of benzene rings is 2. The predicted octanol–water partition coefficient (Wildman–Crippen LogP) is 2.07. The van der Waals surface area contributed by atoms with E-state index in [-0.39, 0.29) is 0 Å². The molecule has 0 atom stereocenters. The Bertz CT molecular complexity index is 629. The molecular formula is C17H24O3Si2. The third-order valence-electron chi connectivity index (χ3n) is 3.58. The lowest BCUT2D eigenvalue weighted by molar-refractivity contribution is 0.308. The second-order valence-electron chi connectivity index (χ2n) is 6.60. The van der Waals surface area contributed by atoms with Gasteiger partial charge >= 0.3 is 0 Å². The van der Waals surface area contributed by atoms with Crippen LogP contribution in [0.15, 0.2) is 48.5 Å². The summed E-state index contributed by atoms with van der Waals surface area (Å²) in [5, 5.41) is 1.76. The van der Waals surface area contributed by atoms with Crippen LogP contribution in [0.2, 0.25) is 26.2 Å². The number of ether oxygens (including phenoxy) is 1. The highest BCUT2D eigenvalue weighted by molar-refractivity contribution is 6.86. The lowest BCUT2D eigenvalue weighted by atomic mass is 10.2. The van der Waals surface area contributed by atoms with Crippen LogP contribution in [0.25, 0.3) is 0 Å². The van der Waals surface area contributed by atoms with Crippen LogP contribution >= 0.6 is 0 Å². The summed E-state index contributed by atoms with van der Waals surface area (Å²) in [4.78, 5) is 20.9. The summed E-state index contributed by atoms with van der Waals surface area (Å²) < 4.78 is 5.93. The first kappa shape index (κ1) is 17.0. The molecule has 0 aliphatic carbocycles. The molecule has 0 radical (unpaired) electrons. The van der Waals surface area contributed by atoms with Gasteiger partial charge in [0.2, 0.25) is 16.6 Å². The van der Waals surface area contributed by atoms with Gasteiger partial charge in [-0.1, -0.05) is 42.5 Å². The Morgan fingerprint density at radius 1 is 0.864 bits per heavy atom. The summed E-state index contributed by atoms with van der Waals surface area (Å²) in [5.74, 6) is 0.713. The van der Waals surface area contributed by atoms with Crippen molar-refractivity contribution in [3.63, 3.8) is 0 Å². The summed E-state index contributed by atoms with van der Waals surface area (Å²) in [7, 11) is -4.94. The quantitative estimate of drug-likeness (QED) is 0.824. The molecule has 0 aromatic heterocycles. The lowest BCUT2D eigenvalue weighted by Crippen LogP contribution is -2.48. The van der Waals surface area contributed by atoms with Gasteiger partial charge in [0.25, 0.3) is 0 Å². The Labute approximate surface area is 134 Å². The SMILES string of the molecule is C[Si](C)(O)c1ccc(OCc2ccccc2)c([Si](C)(C)O)c1. The van der Waals surface area contributed by atoms with Crippen LogP contribution in [0.1, 0.15) is 5.56 Å². The lowest BCUT2D eigenvalue weighted by Gasteiger charge is -2.23. The van der Waals surface area contributed by atoms with Gasteiger partial charge < -0.3 is 14.3 Å². The largest absolute Gasteiger partial charge is 0.489 e. The molecule has 0 saturated carbocycles. The van der Waals surface area contributed by atoms with Gasteiger partial charge in [0, 0.05) is 5.19 Å². The molecule has 0 aliphatic heterocycles. The monoisotopic (exact) mass is 332 g/mol. The maximum absolute atomic E-state index is 10.5. The van der Waals surface area contributed by atoms with E-state index in [1.807, 2.05) is 74.7 Å². The van der Waals surface area contributed by atoms with Crippen LogP contribution < -0.4 is 15.1 Å². The van der Waals surface area contributed by atoms with Crippen LogP contribution in [-0.2, 0) is 6.61 Å². The Morgan fingerprint density at radius 3 is 2.05 bits per heavy atom. The molecule has 2 N–H and O–H groups in total. The molecule has 0 heterocycles. The van der Waals surface area contributed by atoms with E-state index >= 15 is 0 Å². The maximum Gasteiger partial charge on any atom is 0.217 e. The predicted molar refractivity (Wildman–Crippen MR) is 95.9 cm³/mol. The molecule has 118 valence electrons. The highest BCUT2D eigenvalue weighted by atomic mass is 28.4. The fourth-order valence-electron chi connectivity index (χ4n) is 2.25. The Morgan fingerprint density at radius 2 is 1.50 bits per heavy atom. The molecule has 0 aliphatic rings.